The lowest BCUT2D eigenvalue weighted by molar-refractivity contribution is -0.151. The van der Waals surface area contributed by atoms with Crippen LogP contribution in [0.5, 0.6) is 0 Å². The van der Waals surface area contributed by atoms with Crippen LogP contribution >= 0.6 is 0 Å². The molecule has 1 aromatic rings. The molecule has 0 unspecified atom stereocenters. The van der Waals surface area contributed by atoms with Crippen molar-refractivity contribution < 1.29 is 33.4 Å². The standard InChI is InChI=1S/C15H13F2NO5/c1-7-2-3-8(10(17)9(7)16)11(19)18-5-14(12(20)21)4-15(14,6-18)13(22)23/h2-3H,4-6H2,1H3,(H,20,21)(H,22,23)/t14-,15+. The van der Waals surface area contributed by atoms with Gasteiger partial charge in [-0.3, -0.25) is 14.4 Å². The van der Waals surface area contributed by atoms with Gasteiger partial charge in [-0.2, -0.15) is 0 Å². The van der Waals surface area contributed by atoms with E-state index in [9.17, 15) is 33.4 Å². The summed E-state index contributed by atoms with van der Waals surface area (Å²) in [6.45, 7) is 0.682. The van der Waals surface area contributed by atoms with Crippen molar-refractivity contribution in [3.05, 3.63) is 34.9 Å². The summed E-state index contributed by atoms with van der Waals surface area (Å²) in [5.41, 5.74) is -3.59. The van der Waals surface area contributed by atoms with Gasteiger partial charge >= 0.3 is 11.9 Å². The van der Waals surface area contributed by atoms with Gasteiger partial charge in [0, 0.05) is 13.1 Å². The highest BCUT2D eigenvalue weighted by Crippen LogP contribution is 2.68. The fourth-order valence-corrected chi connectivity index (χ4v) is 3.41. The van der Waals surface area contributed by atoms with Gasteiger partial charge in [-0.15, -0.1) is 0 Å². The number of carbonyl (C=O) groups excluding carboxylic acids is 1. The summed E-state index contributed by atoms with van der Waals surface area (Å²) in [6.07, 6.45) is -0.0703. The smallest absolute Gasteiger partial charge is 0.312 e. The number of hydrogen-bond donors (Lipinski definition) is 2. The third kappa shape index (κ3) is 1.80. The first kappa shape index (κ1) is 15.4. The second-order valence-electron chi connectivity index (χ2n) is 6.17. The number of amides is 1. The Morgan fingerprint density at radius 2 is 1.57 bits per heavy atom. The average Bonchev–Trinajstić information content (AvgIpc) is 3.03. The summed E-state index contributed by atoms with van der Waals surface area (Å²) in [5, 5.41) is 18.6. The van der Waals surface area contributed by atoms with Gasteiger partial charge in [-0.1, -0.05) is 6.07 Å². The second kappa shape index (κ2) is 4.50. The Hall–Kier alpha value is -2.51. The molecule has 1 aliphatic heterocycles. The molecule has 122 valence electrons. The number of halogens is 2. The molecule has 1 aromatic carbocycles. The van der Waals surface area contributed by atoms with Crippen molar-refractivity contribution in [3.63, 3.8) is 0 Å². The van der Waals surface area contributed by atoms with Crippen molar-refractivity contribution in [3.8, 4) is 0 Å². The summed E-state index contributed by atoms with van der Waals surface area (Å²) < 4.78 is 27.5. The number of piperidine rings is 1. The van der Waals surface area contributed by atoms with Gasteiger partial charge in [0.15, 0.2) is 11.6 Å². The van der Waals surface area contributed by atoms with E-state index in [1.54, 1.807) is 0 Å². The molecule has 2 fully saturated rings. The van der Waals surface area contributed by atoms with Crippen LogP contribution < -0.4 is 0 Å². The maximum absolute atomic E-state index is 13.9. The maximum atomic E-state index is 13.9. The van der Waals surface area contributed by atoms with Gasteiger partial charge in [0.25, 0.3) is 5.91 Å². The molecule has 2 aliphatic rings. The van der Waals surface area contributed by atoms with Gasteiger partial charge in [0.05, 0.1) is 5.56 Å². The summed E-state index contributed by atoms with van der Waals surface area (Å²) in [6, 6.07) is 2.35. The van der Waals surface area contributed by atoms with Crippen molar-refractivity contribution in [2.45, 2.75) is 13.3 Å². The van der Waals surface area contributed by atoms with Crippen molar-refractivity contribution in [1.82, 2.24) is 4.90 Å². The number of likely N-dealkylation sites (tertiary alicyclic amines) is 1. The van der Waals surface area contributed by atoms with E-state index in [0.717, 1.165) is 11.0 Å². The molecule has 2 N–H and O–H groups in total. The van der Waals surface area contributed by atoms with Crippen LogP contribution in [-0.4, -0.2) is 46.0 Å². The minimum atomic E-state index is -1.55. The van der Waals surface area contributed by atoms with Crippen LogP contribution in [0.15, 0.2) is 12.1 Å². The van der Waals surface area contributed by atoms with E-state index in [4.69, 9.17) is 0 Å². The molecular weight excluding hydrogens is 312 g/mol. The van der Waals surface area contributed by atoms with E-state index >= 15 is 0 Å². The first-order valence-corrected chi connectivity index (χ1v) is 6.87. The summed E-state index contributed by atoms with van der Waals surface area (Å²) in [4.78, 5) is 36.2. The van der Waals surface area contributed by atoms with Crippen molar-refractivity contribution in [2.75, 3.05) is 13.1 Å². The Labute approximate surface area is 129 Å². The molecule has 0 spiro atoms. The Morgan fingerprint density at radius 3 is 2.04 bits per heavy atom. The predicted molar refractivity (Wildman–Crippen MR) is 71.8 cm³/mol. The average molecular weight is 325 g/mol. The Morgan fingerprint density at radius 1 is 1.04 bits per heavy atom. The van der Waals surface area contributed by atoms with E-state index < -0.39 is 45.9 Å². The number of aryl methyl sites for hydroxylation is 1. The highest BCUT2D eigenvalue weighted by atomic mass is 19.2. The van der Waals surface area contributed by atoms with Crippen LogP contribution in [0.3, 0.4) is 0 Å². The van der Waals surface area contributed by atoms with Crippen molar-refractivity contribution in [2.24, 2.45) is 10.8 Å². The Balaban J connectivity index is 1.94. The Kier molecular flexibility index (Phi) is 3.01. The van der Waals surface area contributed by atoms with Gasteiger partial charge in [0.2, 0.25) is 0 Å². The number of aliphatic carboxylic acids is 2. The van der Waals surface area contributed by atoms with Gasteiger partial charge in [0.1, 0.15) is 10.8 Å². The first-order chi connectivity index (χ1) is 10.7. The summed E-state index contributed by atoms with van der Waals surface area (Å²) in [7, 11) is 0. The van der Waals surface area contributed by atoms with Crippen molar-refractivity contribution >= 4 is 17.8 Å². The van der Waals surface area contributed by atoms with Gasteiger partial charge in [-0.25, -0.2) is 8.78 Å². The van der Waals surface area contributed by atoms with E-state index in [1.807, 2.05) is 0 Å². The summed E-state index contributed by atoms with van der Waals surface area (Å²) >= 11 is 0. The van der Waals surface area contributed by atoms with Crippen LogP contribution in [0.1, 0.15) is 22.3 Å². The molecule has 23 heavy (non-hydrogen) atoms. The summed E-state index contributed by atoms with van der Waals surface area (Å²) in [5.74, 6) is -5.98. The third-order valence-corrected chi connectivity index (χ3v) is 4.93. The van der Waals surface area contributed by atoms with Crippen LogP contribution in [0.25, 0.3) is 0 Å². The molecule has 1 heterocycles. The molecular formula is C15H13F2NO5. The topological polar surface area (TPSA) is 94.9 Å². The van der Waals surface area contributed by atoms with Gasteiger partial charge in [-0.05, 0) is 25.0 Å². The molecule has 3 rings (SSSR count). The Bertz CT molecular complexity index is 736. The quantitative estimate of drug-likeness (QED) is 0.873. The number of carboxylic acids is 2. The first-order valence-electron chi connectivity index (χ1n) is 6.87. The zero-order valence-electron chi connectivity index (χ0n) is 12.1. The molecule has 2 atom stereocenters. The second-order valence-corrected chi connectivity index (χ2v) is 6.17. The zero-order chi connectivity index (χ0) is 17.2. The number of rotatable bonds is 3. The molecule has 0 radical (unpaired) electrons. The van der Waals surface area contributed by atoms with E-state index in [1.165, 1.54) is 13.0 Å². The van der Waals surface area contributed by atoms with E-state index in [0.29, 0.717) is 0 Å². The molecule has 8 heteroatoms. The predicted octanol–water partition coefficient (Wildman–Crippen LogP) is 1.27. The highest BCUT2D eigenvalue weighted by molar-refractivity contribution is 6.00. The number of hydrogen-bond acceptors (Lipinski definition) is 3. The van der Waals surface area contributed by atoms with E-state index in [2.05, 4.69) is 0 Å². The fraction of sp³-hybridized carbons (Fsp3) is 0.400. The molecule has 1 aliphatic carbocycles. The van der Waals surface area contributed by atoms with Gasteiger partial charge < -0.3 is 15.1 Å². The zero-order valence-corrected chi connectivity index (χ0v) is 12.1. The number of benzene rings is 1. The molecule has 0 aromatic heterocycles. The number of carbonyl (C=O) groups is 3. The minimum Gasteiger partial charge on any atom is -0.481 e. The normalized spacial score (nSPS) is 28.4. The highest BCUT2D eigenvalue weighted by Gasteiger charge is 2.81. The molecule has 1 saturated carbocycles. The van der Waals surface area contributed by atoms with Crippen LogP contribution in [0, 0.1) is 29.4 Å². The molecule has 0 bridgehead atoms. The minimum absolute atomic E-state index is 0.0346. The number of fused-ring (bicyclic) bond motifs is 1. The lowest BCUT2D eigenvalue weighted by atomic mass is 9.97. The van der Waals surface area contributed by atoms with Crippen LogP contribution in [-0.2, 0) is 9.59 Å². The van der Waals surface area contributed by atoms with E-state index in [-0.39, 0.29) is 25.1 Å². The molecule has 6 nitrogen and oxygen atoms in total. The fourth-order valence-electron chi connectivity index (χ4n) is 3.41. The van der Waals surface area contributed by atoms with Crippen LogP contribution in [0.4, 0.5) is 8.78 Å². The molecule has 1 saturated heterocycles. The lowest BCUT2D eigenvalue weighted by Gasteiger charge is -2.20. The maximum Gasteiger partial charge on any atom is 0.312 e. The van der Waals surface area contributed by atoms with Crippen molar-refractivity contribution in [1.29, 1.82) is 0 Å². The number of nitrogens with zero attached hydrogens (tertiary/aromatic N) is 1. The monoisotopic (exact) mass is 325 g/mol. The third-order valence-electron chi connectivity index (χ3n) is 4.93. The number of carboxylic acid groups (broad SMARTS) is 2. The van der Waals surface area contributed by atoms with Crippen LogP contribution in [0.2, 0.25) is 0 Å². The lowest BCUT2D eigenvalue weighted by Crippen LogP contribution is -2.35. The largest absolute Gasteiger partial charge is 0.481 e. The SMILES string of the molecule is Cc1ccc(C(=O)N2C[C@@]3(C(=O)O)C[C@@]3(C(=O)O)C2)c(F)c1F. The molecule has 1 amide bonds.